The fourth-order valence-electron chi connectivity index (χ4n) is 4.08. The smallest absolute Gasteiger partial charge is 0.303 e. The lowest BCUT2D eigenvalue weighted by Crippen LogP contribution is -2.64. The minimum absolute atomic E-state index is 0.0440. The van der Waals surface area contributed by atoms with Gasteiger partial charge in [0.15, 0.2) is 23.8 Å². The van der Waals surface area contributed by atoms with E-state index in [-0.39, 0.29) is 42.3 Å². The summed E-state index contributed by atoms with van der Waals surface area (Å²) < 4.78 is 21.6. The third-order valence-corrected chi connectivity index (χ3v) is 5.76. The van der Waals surface area contributed by atoms with E-state index in [9.17, 15) is 24.0 Å². The van der Waals surface area contributed by atoms with Gasteiger partial charge in [0.25, 0.3) is 0 Å². The summed E-state index contributed by atoms with van der Waals surface area (Å²) in [5.41, 5.74) is -1.03. The molecular formula is C22H31NO9S. The number of esters is 3. The summed E-state index contributed by atoms with van der Waals surface area (Å²) in [7, 11) is 0. The molecule has 0 radical (unpaired) electrons. The van der Waals surface area contributed by atoms with Gasteiger partial charge in [-0.15, -0.1) is 12.6 Å². The van der Waals surface area contributed by atoms with Gasteiger partial charge in [-0.2, -0.15) is 0 Å². The Morgan fingerprint density at radius 3 is 1.97 bits per heavy atom. The van der Waals surface area contributed by atoms with Crippen LogP contribution in [0.4, 0.5) is 0 Å². The van der Waals surface area contributed by atoms with E-state index in [0.29, 0.717) is 0 Å². The lowest BCUT2D eigenvalue weighted by molar-refractivity contribution is -0.211. The third kappa shape index (κ3) is 7.04. The van der Waals surface area contributed by atoms with Gasteiger partial charge in [0, 0.05) is 39.3 Å². The van der Waals surface area contributed by atoms with Gasteiger partial charge in [0.2, 0.25) is 0 Å². The number of allylic oxidation sites excluding steroid dienone is 2. The van der Waals surface area contributed by atoms with Crippen LogP contribution >= 0.6 is 12.6 Å². The molecule has 2 fully saturated rings. The number of nitrogens with one attached hydrogen (secondary N) is 1. The zero-order chi connectivity index (χ0) is 25.1. The van der Waals surface area contributed by atoms with Crippen molar-refractivity contribution in [1.82, 2.24) is 5.32 Å². The fourth-order valence-corrected chi connectivity index (χ4v) is 4.48. The number of carbonyl (C=O) groups excluding carboxylic acids is 5. The Morgan fingerprint density at radius 2 is 1.48 bits per heavy atom. The molecule has 33 heavy (non-hydrogen) atoms. The van der Waals surface area contributed by atoms with E-state index in [1.54, 1.807) is 6.92 Å². The fraction of sp³-hybridized carbons (Fsp3) is 0.682. The van der Waals surface area contributed by atoms with Gasteiger partial charge >= 0.3 is 17.9 Å². The summed E-state index contributed by atoms with van der Waals surface area (Å²) >= 11 is 4.43. The van der Waals surface area contributed by atoms with E-state index >= 15 is 0 Å². The number of thiol groups is 1. The summed E-state index contributed by atoms with van der Waals surface area (Å²) in [5.74, 6) is -2.48. The molecule has 1 aliphatic heterocycles. The molecule has 1 aliphatic carbocycles. The summed E-state index contributed by atoms with van der Waals surface area (Å²) in [6.07, 6.45) is -2.78. The second-order valence-corrected chi connectivity index (χ2v) is 9.56. The molecule has 0 bridgehead atoms. The van der Waals surface area contributed by atoms with Crippen molar-refractivity contribution < 1.29 is 42.9 Å². The number of rotatable bonds is 6. The zero-order valence-corrected chi connectivity index (χ0v) is 20.5. The van der Waals surface area contributed by atoms with Crippen molar-refractivity contribution in [2.45, 2.75) is 84.2 Å². The standard InChI is InChI=1S/C22H31NO9S/c1-10(17-14(27)7-22(5,6)8-15(17)28)23-18-20(31-13(4)26)19(30-12(3)25)16(32-21(18)33)9-29-11(2)24/h16,18-21,23,33H,7-9H2,1-6H3/t16-,18+,19-,20-,21+/m1/s1. The lowest BCUT2D eigenvalue weighted by Gasteiger charge is -2.44. The van der Waals surface area contributed by atoms with E-state index in [0.717, 1.165) is 0 Å². The first-order valence-electron chi connectivity index (χ1n) is 10.6. The van der Waals surface area contributed by atoms with Gasteiger partial charge in [-0.25, -0.2) is 0 Å². The van der Waals surface area contributed by atoms with Crippen molar-refractivity contribution in [3.05, 3.63) is 11.3 Å². The molecule has 10 nitrogen and oxygen atoms in total. The maximum Gasteiger partial charge on any atom is 0.303 e. The predicted molar refractivity (Wildman–Crippen MR) is 118 cm³/mol. The van der Waals surface area contributed by atoms with Crippen LogP contribution in [0.5, 0.6) is 0 Å². The van der Waals surface area contributed by atoms with Crippen molar-refractivity contribution in [2.24, 2.45) is 5.41 Å². The van der Waals surface area contributed by atoms with E-state index in [4.69, 9.17) is 18.9 Å². The molecule has 0 amide bonds. The maximum absolute atomic E-state index is 12.7. The summed E-state index contributed by atoms with van der Waals surface area (Å²) in [5, 5.41) is 3.03. The lowest BCUT2D eigenvalue weighted by atomic mass is 9.73. The Labute approximate surface area is 198 Å². The van der Waals surface area contributed by atoms with Gasteiger partial charge in [0.1, 0.15) is 24.2 Å². The predicted octanol–water partition coefficient (Wildman–Crippen LogP) is 1.26. The highest BCUT2D eigenvalue weighted by molar-refractivity contribution is 7.80. The van der Waals surface area contributed by atoms with Crippen LogP contribution in [0.3, 0.4) is 0 Å². The zero-order valence-electron chi connectivity index (χ0n) is 19.6. The summed E-state index contributed by atoms with van der Waals surface area (Å²) in [6, 6.07) is -0.891. The van der Waals surface area contributed by atoms with Crippen molar-refractivity contribution in [1.29, 1.82) is 0 Å². The van der Waals surface area contributed by atoms with Crippen LogP contribution in [-0.4, -0.2) is 65.9 Å². The molecule has 5 atom stereocenters. The Balaban J connectivity index is 2.39. The van der Waals surface area contributed by atoms with Crippen molar-refractivity contribution in [3.8, 4) is 0 Å². The molecule has 0 spiro atoms. The van der Waals surface area contributed by atoms with Crippen LogP contribution in [0.25, 0.3) is 0 Å². The van der Waals surface area contributed by atoms with Gasteiger partial charge in [-0.3, -0.25) is 24.0 Å². The number of ketones is 2. The van der Waals surface area contributed by atoms with Crippen LogP contribution in [-0.2, 0) is 42.9 Å². The van der Waals surface area contributed by atoms with Crippen molar-refractivity contribution in [3.63, 3.8) is 0 Å². The normalized spacial score (nSPS) is 29.2. The summed E-state index contributed by atoms with van der Waals surface area (Å²) in [6.45, 7) is 8.59. The third-order valence-electron chi connectivity index (χ3n) is 5.31. The van der Waals surface area contributed by atoms with Crippen molar-refractivity contribution in [2.75, 3.05) is 6.61 Å². The molecule has 11 heteroatoms. The highest BCUT2D eigenvalue weighted by Gasteiger charge is 2.50. The molecule has 184 valence electrons. The Morgan fingerprint density at radius 1 is 0.970 bits per heavy atom. The van der Waals surface area contributed by atoms with Crippen LogP contribution in [0, 0.1) is 5.41 Å². The largest absolute Gasteiger partial charge is 0.463 e. The highest BCUT2D eigenvalue weighted by Crippen LogP contribution is 2.35. The van der Waals surface area contributed by atoms with E-state index in [2.05, 4.69) is 17.9 Å². The SMILES string of the molecule is CC(=O)OC[C@H]1O[C@@H](S)[C@@H](NC(C)=C2C(=O)CC(C)(C)CC2=O)[C@@H](OC(C)=O)[C@@H]1OC(C)=O. The first kappa shape index (κ1) is 26.8. The molecule has 1 N–H and O–H groups in total. The molecule has 1 saturated heterocycles. The maximum atomic E-state index is 12.7. The molecule has 0 aromatic carbocycles. The molecule has 0 aromatic rings. The molecule has 1 saturated carbocycles. The minimum atomic E-state index is -1.14. The first-order valence-corrected chi connectivity index (χ1v) is 11.1. The van der Waals surface area contributed by atoms with Gasteiger partial charge in [-0.05, 0) is 12.3 Å². The topological polar surface area (TPSA) is 134 Å². The number of Topliss-reactive ketones (excluding diaryl/α,β-unsaturated/α-hetero) is 2. The van der Waals surface area contributed by atoms with Crippen LogP contribution in [0.1, 0.15) is 54.4 Å². The average Bonchev–Trinajstić information content (AvgIpc) is 2.62. The quantitative estimate of drug-likeness (QED) is 0.186. The number of hydrogen-bond acceptors (Lipinski definition) is 11. The minimum Gasteiger partial charge on any atom is -0.463 e. The van der Waals surface area contributed by atoms with E-state index in [1.807, 2.05) is 13.8 Å². The van der Waals surface area contributed by atoms with Crippen LogP contribution in [0.2, 0.25) is 0 Å². The molecule has 2 rings (SSSR count). The number of hydrogen-bond donors (Lipinski definition) is 2. The first-order chi connectivity index (χ1) is 15.2. The molecule has 0 aromatic heterocycles. The number of ether oxygens (including phenoxy) is 4. The average molecular weight is 486 g/mol. The van der Waals surface area contributed by atoms with Crippen molar-refractivity contribution >= 4 is 42.1 Å². The Hall–Kier alpha value is -2.40. The monoisotopic (exact) mass is 485 g/mol. The van der Waals surface area contributed by atoms with Gasteiger partial charge < -0.3 is 24.3 Å². The summed E-state index contributed by atoms with van der Waals surface area (Å²) in [4.78, 5) is 60.3. The molecular weight excluding hydrogens is 454 g/mol. The Bertz CT molecular complexity index is 844. The van der Waals surface area contributed by atoms with Gasteiger partial charge in [-0.1, -0.05) is 13.8 Å². The molecule has 2 aliphatic rings. The molecule has 1 heterocycles. The Kier molecular flexibility index (Phi) is 8.69. The van der Waals surface area contributed by atoms with Gasteiger partial charge in [0.05, 0.1) is 5.57 Å². The second kappa shape index (κ2) is 10.7. The van der Waals surface area contributed by atoms with E-state index in [1.165, 1.54) is 20.8 Å². The second-order valence-electron chi connectivity index (χ2n) is 9.05. The highest BCUT2D eigenvalue weighted by atomic mass is 32.1. The van der Waals surface area contributed by atoms with E-state index < -0.39 is 53.1 Å². The van der Waals surface area contributed by atoms with Crippen LogP contribution in [0.15, 0.2) is 11.3 Å². The molecule has 0 unspecified atom stereocenters. The number of carbonyl (C=O) groups is 5. The van der Waals surface area contributed by atoms with Crippen LogP contribution < -0.4 is 5.32 Å².